The Bertz CT molecular complexity index is 662. The van der Waals surface area contributed by atoms with E-state index >= 15 is 0 Å². The summed E-state index contributed by atoms with van der Waals surface area (Å²) < 4.78 is 11.5. The summed E-state index contributed by atoms with van der Waals surface area (Å²) in [5.74, 6) is 1.15. The molecule has 2 nitrogen and oxygen atoms in total. The molecule has 0 saturated carbocycles. The van der Waals surface area contributed by atoms with Crippen molar-refractivity contribution in [1.29, 1.82) is 0 Å². The van der Waals surface area contributed by atoms with Crippen LogP contribution in [0.3, 0.4) is 0 Å². The average Bonchev–Trinajstić information content (AvgIpc) is 2.49. The molecule has 0 bridgehead atoms. The molecule has 0 saturated heterocycles. The lowest BCUT2D eigenvalue weighted by Gasteiger charge is -2.16. The third kappa shape index (κ3) is 3.70. The van der Waals surface area contributed by atoms with Crippen LogP contribution in [0.5, 0.6) is 11.5 Å². The fourth-order valence-electron chi connectivity index (χ4n) is 1.91. The van der Waals surface area contributed by atoms with Gasteiger partial charge >= 0.3 is 0 Å². The van der Waals surface area contributed by atoms with Crippen LogP contribution in [-0.2, 0) is 0 Å². The summed E-state index contributed by atoms with van der Waals surface area (Å²) in [6, 6.07) is 9.17. The molecule has 0 N–H and O–H groups in total. The van der Waals surface area contributed by atoms with Crippen LogP contribution in [0.15, 0.2) is 30.3 Å². The smallest absolute Gasteiger partial charge is 0.162 e. The number of hydrogen-bond acceptors (Lipinski definition) is 2. The van der Waals surface area contributed by atoms with Gasteiger partial charge in [-0.1, -0.05) is 29.3 Å². The second kappa shape index (κ2) is 7.27. The maximum absolute atomic E-state index is 6.54. The molecular weight excluding hydrogens is 445 g/mol. The van der Waals surface area contributed by atoms with Crippen LogP contribution in [0.2, 0.25) is 10.0 Å². The lowest BCUT2D eigenvalue weighted by Crippen LogP contribution is -1.98. The maximum Gasteiger partial charge on any atom is 0.162 e. The Labute approximate surface area is 152 Å². The maximum atomic E-state index is 6.54. The number of benzene rings is 2. The Morgan fingerprint density at radius 3 is 2.14 bits per heavy atom. The molecule has 2 aromatic rings. The first kappa shape index (κ1) is 17.0. The minimum absolute atomic E-state index is 0.424. The highest BCUT2D eigenvalue weighted by atomic mass is 127. The average molecular weight is 458 g/mol. The molecular formula is C15H12Cl3IO2. The van der Waals surface area contributed by atoms with Gasteiger partial charge in [-0.3, -0.25) is 0 Å². The van der Waals surface area contributed by atoms with E-state index in [2.05, 4.69) is 22.6 Å². The first-order valence-electron chi connectivity index (χ1n) is 5.98. The Kier molecular flexibility index (Phi) is 5.88. The van der Waals surface area contributed by atoms with E-state index in [9.17, 15) is 0 Å². The molecule has 2 aromatic carbocycles. The fraction of sp³-hybridized carbons (Fsp3) is 0.200. The van der Waals surface area contributed by atoms with E-state index in [1.165, 1.54) is 0 Å². The number of halogens is 4. The lowest BCUT2D eigenvalue weighted by atomic mass is 10.0. The van der Waals surface area contributed by atoms with Gasteiger partial charge in [-0.05, 0) is 51.9 Å². The Hall–Kier alpha value is -0.360. The molecule has 0 radical (unpaired) electrons. The van der Waals surface area contributed by atoms with E-state index in [4.69, 9.17) is 44.3 Å². The van der Waals surface area contributed by atoms with Crippen molar-refractivity contribution in [1.82, 2.24) is 0 Å². The molecule has 0 heterocycles. The number of alkyl halides is 1. The van der Waals surface area contributed by atoms with E-state index in [1.54, 1.807) is 26.4 Å². The van der Waals surface area contributed by atoms with Gasteiger partial charge in [0.2, 0.25) is 0 Å². The molecule has 0 spiro atoms. The minimum atomic E-state index is -0.424. The summed E-state index contributed by atoms with van der Waals surface area (Å²) in [5.41, 5.74) is 1.62. The van der Waals surface area contributed by atoms with Crippen LogP contribution in [0.1, 0.15) is 16.5 Å². The molecule has 0 fully saturated rings. The van der Waals surface area contributed by atoms with Gasteiger partial charge in [0.05, 0.1) is 24.6 Å². The third-order valence-electron chi connectivity index (χ3n) is 3.01. The molecule has 0 amide bonds. The van der Waals surface area contributed by atoms with Crippen molar-refractivity contribution in [2.75, 3.05) is 14.2 Å². The van der Waals surface area contributed by atoms with Gasteiger partial charge in [0.25, 0.3) is 0 Å². The predicted octanol–water partition coefficient (Wildman–Crippen LogP) is 5.94. The van der Waals surface area contributed by atoms with E-state index < -0.39 is 5.38 Å². The largest absolute Gasteiger partial charge is 0.493 e. The summed E-state index contributed by atoms with van der Waals surface area (Å²) in [7, 11) is 3.13. The summed E-state index contributed by atoms with van der Waals surface area (Å²) in [5, 5.41) is 0.754. The second-order valence-electron chi connectivity index (χ2n) is 4.26. The van der Waals surface area contributed by atoms with E-state index in [0.717, 1.165) is 14.7 Å². The Morgan fingerprint density at radius 2 is 1.57 bits per heavy atom. The predicted molar refractivity (Wildman–Crippen MR) is 96.4 cm³/mol. The highest BCUT2D eigenvalue weighted by Gasteiger charge is 2.19. The quantitative estimate of drug-likeness (QED) is 0.418. The molecule has 1 unspecified atom stereocenters. The van der Waals surface area contributed by atoms with Crippen LogP contribution in [0, 0.1) is 3.57 Å². The fourth-order valence-corrected chi connectivity index (χ4v) is 3.07. The van der Waals surface area contributed by atoms with E-state index in [1.807, 2.05) is 18.2 Å². The molecule has 1 atom stereocenters. The van der Waals surface area contributed by atoms with E-state index in [0.29, 0.717) is 21.5 Å². The normalized spacial score (nSPS) is 12.1. The Balaban J connectivity index is 2.47. The van der Waals surface area contributed by atoms with Gasteiger partial charge in [0.1, 0.15) is 0 Å². The van der Waals surface area contributed by atoms with Crippen molar-refractivity contribution >= 4 is 57.4 Å². The highest BCUT2D eigenvalue weighted by molar-refractivity contribution is 14.1. The van der Waals surface area contributed by atoms with Crippen LogP contribution >= 0.6 is 57.4 Å². The van der Waals surface area contributed by atoms with Crippen molar-refractivity contribution < 1.29 is 9.47 Å². The molecule has 112 valence electrons. The van der Waals surface area contributed by atoms with Crippen molar-refractivity contribution in [2.45, 2.75) is 5.38 Å². The number of hydrogen-bond donors (Lipinski definition) is 0. The number of methoxy groups -OCH3 is 2. The van der Waals surface area contributed by atoms with Crippen LogP contribution in [-0.4, -0.2) is 14.2 Å². The summed E-state index contributed by atoms with van der Waals surface area (Å²) in [6.45, 7) is 0. The first-order chi connectivity index (χ1) is 9.97. The number of ether oxygens (including phenoxy) is 2. The van der Waals surface area contributed by atoms with Gasteiger partial charge in [-0.15, -0.1) is 11.6 Å². The number of rotatable bonds is 4. The molecule has 0 aromatic heterocycles. The van der Waals surface area contributed by atoms with Gasteiger partial charge < -0.3 is 9.47 Å². The van der Waals surface area contributed by atoms with Crippen LogP contribution in [0.25, 0.3) is 0 Å². The van der Waals surface area contributed by atoms with Crippen molar-refractivity contribution in [3.63, 3.8) is 0 Å². The SMILES string of the molecule is COc1cc(Cl)c(C(Cl)c2ccc(I)c(Cl)c2)cc1OC. The zero-order valence-electron chi connectivity index (χ0n) is 11.3. The van der Waals surface area contributed by atoms with Gasteiger partial charge in [0.15, 0.2) is 11.5 Å². The molecule has 2 rings (SSSR count). The topological polar surface area (TPSA) is 18.5 Å². The standard InChI is InChI=1S/C15H12Cl3IO2/c1-20-13-6-9(10(16)7-14(13)21-2)15(18)8-3-4-12(19)11(17)5-8/h3-7,15H,1-2H3. The Morgan fingerprint density at radius 1 is 0.952 bits per heavy atom. The van der Waals surface area contributed by atoms with Gasteiger partial charge in [0, 0.05) is 14.7 Å². The van der Waals surface area contributed by atoms with Crippen molar-refractivity contribution in [2.24, 2.45) is 0 Å². The van der Waals surface area contributed by atoms with E-state index in [-0.39, 0.29) is 0 Å². The van der Waals surface area contributed by atoms with Gasteiger partial charge in [-0.25, -0.2) is 0 Å². The zero-order chi connectivity index (χ0) is 15.6. The molecule has 21 heavy (non-hydrogen) atoms. The summed E-state index contributed by atoms with van der Waals surface area (Å²) in [6.07, 6.45) is 0. The zero-order valence-corrected chi connectivity index (χ0v) is 15.7. The summed E-state index contributed by atoms with van der Waals surface area (Å²) >= 11 is 21.2. The van der Waals surface area contributed by atoms with Crippen LogP contribution < -0.4 is 9.47 Å². The highest BCUT2D eigenvalue weighted by Crippen LogP contribution is 2.41. The van der Waals surface area contributed by atoms with Gasteiger partial charge in [-0.2, -0.15) is 0 Å². The molecule has 6 heteroatoms. The van der Waals surface area contributed by atoms with Crippen molar-refractivity contribution in [3.05, 3.63) is 55.1 Å². The second-order valence-corrected chi connectivity index (χ2v) is 6.68. The molecule has 0 aliphatic carbocycles. The van der Waals surface area contributed by atoms with Crippen molar-refractivity contribution in [3.8, 4) is 11.5 Å². The van der Waals surface area contributed by atoms with Crippen LogP contribution in [0.4, 0.5) is 0 Å². The first-order valence-corrected chi connectivity index (χ1v) is 8.25. The molecule has 0 aliphatic rings. The molecule has 0 aliphatic heterocycles. The monoisotopic (exact) mass is 456 g/mol. The lowest BCUT2D eigenvalue weighted by molar-refractivity contribution is 0.354. The summed E-state index contributed by atoms with van der Waals surface area (Å²) in [4.78, 5) is 0. The minimum Gasteiger partial charge on any atom is -0.493 e. The third-order valence-corrected chi connectivity index (χ3v) is 5.40.